The second-order valence-corrected chi connectivity index (χ2v) is 7.72. The van der Waals surface area contributed by atoms with Gasteiger partial charge in [0.25, 0.3) is 5.91 Å². The van der Waals surface area contributed by atoms with Crippen LogP contribution in [0, 0.1) is 0 Å². The average molecular weight is 448 g/mol. The zero-order valence-electron chi connectivity index (χ0n) is 17.8. The number of carboxylic acids is 1. The SMILES string of the molecule is O=C(O)CCCCNC(=O)c1cc(NC(=O)OCC2c3ccccc3-c3ccccc32)n[nH]1. The first-order chi connectivity index (χ1) is 16.0. The Morgan fingerprint density at radius 3 is 2.33 bits per heavy atom. The van der Waals surface area contributed by atoms with E-state index in [1.165, 1.54) is 6.07 Å². The van der Waals surface area contributed by atoms with Crippen LogP contribution >= 0.6 is 0 Å². The molecule has 1 aromatic heterocycles. The highest BCUT2D eigenvalue weighted by atomic mass is 16.5. The number of hydrogen-bond acceptors (Lipinski definition) is 5. The number of hydrogen-bond donors (Lipinski definition) is 4. The Labute approximate surface area is 190 Å². The van der Waals surface area contributed by atoms with Gasteiger partial charge in [0.1, 0.15) is 12.3 Å². The maximum atomic E-state index is 12.3. The highest BCUT2D eigenvalue weighted by Crippen LogP contribution is 2.44. The number of carboxylic acid groups (broad SMARTS) is 1. The topological polar surface area (TPSA) is 133 Å². The Kier molecular flexibility index (Phi) is 6.68. The number of amides is 2. The fourth-order valence-corrected chi connectivity index (χ4v) is 3.94. The highest BCUT2D eigenvalue weighted by Gasteiger charge is 2.29. The molecule has 0 fully saturated rings. The molecule has 0 atom stereocenters. The molecule has 4 rings (SSSR count). The lowest BCUT2D eigenvalue weighted by atomic mass is 9.98. The third kappa shape index (κ3) is 5.20. The molecule has 0 saturated carbocycles. The van der Waals surface area contributed by atoms with Crippen molar-refractivity contribution in [3.05, 3.63) is 71.4 Å². The van der Waals surface area contributed by atoms with E-state index in [0.29, 0.717) is 19.4 Å². The van der Waals surface area contributed by atoms with Gasteiger partial charge in [0.15, 0.2) is 5.82 Å². The largest absolute Gasteiger partial charge is 0.481 e. The summed E-state index contributed by atoms with van der Waals surface area (Å²) in [5, 5.41) is 20.3. The number of fused-ring (bicyclic) bond motifs is 3. The van der Waals surface area contributed by atoms with Crippen LogP contribution in [0.3, 0.4) is 0 Å². The molecule has 1 aliphatic rings. The van der Waals surface area contributed by atoms with Crippen molar-refractivity contribution in [1.29, 1.82) is 0 Å². The van der Waals surface area contributed by atoms with Crippen molar-refractivity contribution < 1.29 is 24.2 Å². The number of nitrogens with one attached hydrogen (secondary N) is 3. The van der Waals surface area contributed by atoms with Gasteiger partial charge in [0, 0.05) is 24.9 Å². The van der Waals surface area contributed by atoms with E-state index < -0.39 is 18.0 Å². The third-order valence-corrected chi connectivity index (χ3v) is 5.50. The maximum Gasteiger partial charge on any atom is 0.412 e. The maximum absolute atomic E-state index is 12.3. The molecule has 2 amide bonds. The van der Waals surface area contributed by atoms with Crippen molar-refractivity contribution in [3.63, 3.8) is 0 Å². The van der Waals surface area contributed by atoms with Crippen LogP contribution in [0.5, 0.6) is 0 Å². The highest BCUT2D eigenvalue weighted by molar-refractivity contribution is 5.94. The van der Waals surface area contributed by atoms with Crippen molar-refractivity contribution in [1.82, 2.24) is 15.5 Å². The third-order valence-electron chi connectivity index (χ3n) is 5.50. The van der Waals surface area contributed by atoms with Gasteiger partial charge in [-0.2, -0.15) is 5.10 Å². The summed E-state index contributed by atoms with van der Waals surface area (Å²) in [5.74, 6) is -1.13. The number of unbranched alkanes of at least 4 members (excludes halogenated alkanes) is 1. The van der Waals surface area contributed by atoms with Crippen molar-refractivity contribution in [3.8, 4) is 11.1 Å². The van der Waals surface area contributed by atoms with Gasteiger partial charge in [-0.15, -0.1) is 0 Å². The summed E-state index contributed by atoms with van der Waals surface area (Å²) >= 11 is 0. The normalized spacial score (nSPS) is 12.0. The average Bonchev–Trinajstić information content (AvgIpc) is 3.40. The van der Waals surface area contributed by atoms with Gasteiger partial charge in [-0.25, -0.2) is 4.79 Å². The number of carbonyl (C=O) groups excluding carboxylic acids is 2. The quantitative estimate of drug-likeness (QED) is 0.368. The van der Waals surface area contributed by atoms with Crippen molar-refractivity contribution in [2.75, 3.05) is 18.5 Å². The van der Waals surface area contributed by atoms with Crippen LogP contribution in [-0.2, 0) is 9.53 Å². The van der Waals surface area contributed by atoms with Gasteiger partial charge in [0.05, 0.1) is 0 Å². The summed E-state index contributed by atoms with van der Waals surface area (Å²) < 4.78 is 5.47. The molecule has 0 bridgehead atoms. The number of aromatic amines is 1. The molecule has 4 N–H and O–H groups in total. The summed E-state index contributed by atoms with van der Waals surface area (Å²) in [4.78, 5) is 35.0. The number of anilines is 1. The Morgan fingerprint density at radius 1 is 1.00 bits per heavy atom. The van der Waals surface area contributed by atoms with Gasteiger partial charge < -0.3 is 15.2 Å². The monoisotopic (exact) mass is 448 g/mol. The summed E-state index contributed by atoms with van der Waals surface area (Å²) in [7, 11) is 0. The molecule has 9 nitrogen and oxygen atoms in total. The van der Waals surface area contributed by atoms with Crippen molar-refractivity contribution in [2.24, 2.45) is 0 Å². The Bertz CT molecular complexity index is 1130. The van der Waals surface area contributed by atoms with E-state index in [2.05, 4.69) is 33.0 Å². The lowest BCUT2D eigenvalue weighted by Crippen LogP contribution is -2.24. The van der Waals surface area contributed by atoms with Crippen LogP contribution in [0.25, 0.3) is 11.1 Å². The molecule has 3 aromatic rings. The van der Waals surface area contributed by atoms with E-state index in [9.17, 15) is 14.4 Å². The molecular formula is C24H24N4O5. The molecule has 1 heterocycles. The second-order valence-electron chi connectivity index (χ2n) is 7.72. The van der Waals surface area contributed by atoms with E-state index in [1.54, 1.807) is 0 Å². The molecule has 9 heteroatoms. The number of aliphatic carboxylic acids is 1. The molecule has 33 heavy (non-hydrogen) atoms. The molecule has 0 aliphatic heterocycles. The number of aromatic nitrogens is 2. The van der Waals surface area contributed by atoms with E-state index in [1.807, 2.05) is 36.4 Å². The summed E-state index contributed by atoms with van der Waals surface area (Å²) in [6.45, 7) is 0.522. The van der Waals surface area contributed by atoms with Gasteiger partial charge >= 0.3 is 12.1 Å². The fourth-order valence-electron chi connectivity index (χ4n) is 3.94. The first-order valence-corrected chi connectivity index (χ1v) is 10.7. The molecule has 0 saturated heterocycles. The summed E-state index contributed by atoms with van der Waals surface area (Å²) in [6, 6.07) is 17.6. The first-order valence-electron chi connectivity index (χ1n) is 10.7. The van der Waals surface area contributed by atoms with Crippen LogP contribution in [0.2, 0.25) is 0 Å². The standard InChI is InChI=1S/C24H24N4O5/c29-22(30)11-5-6-12-25-23(31)20-13-21(28-27-20)26-24(32)33-14-19-17-9-3-1-7-15(17)16-8-2-4-10-18(16)19/h1-4,7-10,13,19H,5-6,11-12,14H2,(H,25,31)(H,29,30)(H2,26,27,28,32). The van der Waals surface area contributed by atoms with E-state index in [-0.39, 0.29) is 30.5 Å². The zero-order chi connectivity index (χ0) is 23.2. The van der Waals surface area contributed by atoms with E-state index in [0.717, 1.165) is 22.3 Å². The molecule has 0 unspecified atom stereocenters. The van der Waals surface area contributed by atoms with Crippen LogP contribution in [-0.4, -0.2) is 46.4 Å². The molecule has 0 spiro atoms. The number of ether oxygens (including phenoxy) is 1. The summed E-state index contributed by atoms with van der Waals surface area (Å²) in [5.41, 5.74) is 4.71. The molecule has 170 valence electrons. The Hall–Kier alpha value is -4.14. The van der Waals surface area contributed by atoms with E-state index in [4.69, 9.17) is 9.84 Å². The first kappa shape index (κ1) is 22.1. The fraction of sp³-hybridized carbons (Fsp3) is 0.250. The second kappa shape index (κ2) is 9.99. The minimum absolute atomic E-state index is 0.0511. The van der Waals surface area contributed by atoms with Crippen molar-refractivity contribution >= 4 is 23.8 Å². The van der Waals surface area contributed by atoms with Gasteiger partial charge in [0.2, 0.25) is 0 Å². The molecule has 2 aromatic carbocycles. The predicted octanol–water partition coefficient (Wildman–Crippen LogP) is 3.76. The van der Waals surface area contributed by atoms with Crippen LogP contribution in [0.15, 0.2) is 54.6 Å². The summed E-state index contributed by atoms with van der Waals surface area (Å²) in [6.07, 6.45) is 0.433. The number of carbonyl (C=O) groups is 3. The predicted molar refractivity (Wildman–Crippen MR) is 121 cm³/mol. The van der Waals surface area contributed by atoms with Gasteiger partial charge in [-0.05, 0) is 35.1 Å². The van der Waals surface area contributed by atoms with Gasteiger partial charge in [-0.3, -0.25) is 20.0 Å². The van der Waals surface area contributed by atoms with Gasteiger partial charge in [-0.1, -0.05) is 48.5 Å². The number of rotatable bonds is 9. The zero-order valence-corrected chi connectivity index (χ0v) is 17.8. The van der Waals surface area contributed by atoms with Crippen LogP contribution in [0.1, 0.15) is 46.8 Å². The minimum atomic E-state index is -0.862. The minimum Gasteiger partial charge on any atom is -0.481 e. The number of nitrogens with zero attached hydrogens (tertiary/aromatic N) is 1. The number of benzene rings is 2. The van der Waals surface area contributed by atoms with Crippen molar-refractivity contribution in [2.45, 2.75) is 25.2 Å². The van der Waals surface area contributed by atoms with Crippen LogP contribution < -0.4 is 10.6 Å². The lowest BCUT2D eigenvalue weighted by Gasteiger charge is -2.14. The molecule has 1 aliphatic carbocycles. The lowest BCUT2D eigenvalue weighted by molar-refractivity contribution is -0.137. The molecule has 0 radical (unpaired) electrons. The van der Waals surface area contributed by atoms with E-state index >= 15 is 0 Å². The Balaban J connectivity index is 1.28. The molecular weight excluding hydrogens is 424 g/mol. The Morgan fingerprint density at radius 2 is 1.67 bits per heavy atom. The number of H-pyrrole nitrogens is 1. The van der Waals surface area contributed by atoms with Crippen LogP contribution in [0.4, 0.5) is 10.6 Å². The smallest absolute Gasteiger partial charge is 0.412 e.